The molecule has 2 N–H and O–H groups in total. The van der Waals surface area contributed by atoms with E-state index in [1.807, 2.05) is 36.4 Å². The number of amides is 1. The van der Waals surface area contributed by atoms with E-state index in [1.54, 1.807) is 0 Å². The summed E-state index contributed by atoms with van der Waals surface area (Å²) in [5.41, 5.74) is 4.10. The number of carbonyl (C=O) groups is 1. The van der Waals surface area contributed by atoms with Gasteiger partial charge in [0.05, 0.1) is 23.3 Å². The van der Waals surface area contributed by atoms with Gasteiger partial charge in [-0.2, -0.15) is 5.26 Å². The molecule has 1 amide bonds. The third kappa shape index (κ3) is 5.97. The molecule has 3 aromatic rings. The molecule has 29 heavy (non-hydrogen) atoms. The molecule has 0 aliphatic carbocycles. The van der Waals surface area contributed by atoms with Crippen molar-refractivity contribution in [3.05, 3.63) is 53.6 Å². The molecule has 6 nitrogen and oxygen atoms in total. The highest BCUT2D eigenvalue weighted by Gasteiger charge is 2.11. The minimum absolute atomic E-state index is 0.126. The zero-order chi connectivity index (χ0) is 20.6. The van der Waals surface area contributed by atoms with Crippen LogP contribution in [0.3, 0.4) is 0 Å². The number of nitriles is 1. The lowest BCUT2D eigenvalue weighted by molar-refractivity contribution is -0.113. The lowest BCUT2D eigenvalue weighted by Gasteiger charge is -2.09. The van der Waals surface area contributed by atoms with Crippen molar-refractivity contribution in [3.63, 3.8) is 0 Å². The molecule has 9 heteroatoms. The summed E-state index contributed by atoms with van der Waals surface area (Å²) in [4.78, 5) is 13.2. The molecule has 2 aromatic carbocycles. The van der Waals surface area contributed by atoms with Crippen LogP contribution in [-0.2, 0) is 4.79 Å². The highest BCUT2D eigenvalue weighted by molar-refractivity contribution is 8.01. The van der Waals surface area contributed by atoms with Crippen molar-refractivity contribution < 1.29 is 4.79 Å². The number of benzene rings is 2. The zero-order valence-electron chi connectivity index (χ0n) is 15.9. The van der Waals surface area contributed by atoms with E-state index in [1.165, 1.54) is 46.0 Å². The van der Waals surface area contributed by atoms with Gasteiger partial charge in [-0.15, -0.1) is 22.0 Å². The molecule has 1 heterocycles. The third-order valence-corrected chi connectivity index (χ3v) is 6.95. The van der Waals surface area contributed by atoms with Crippen LogP contribution in [0.5, 0.6) is 0 Å². The molecule has 0 radical (unpaired) electrons. The van der Waals surface area contributed by atoms with Gasteiger partial charge in [-0.1, -0.05) is 47.4 Å². The number of aryl methyl sites for hydroxylation is 1. The predicted molar refractivity (Wildman–Crippen MR) is 121 cm³/mol. The maximum absolute atomic E-state index is 12.3. The number of anilines is 3. The summed E-state index contributed by atoms with van der Waals surface area (Å²) in [5.74, 6) is 0.442. The second kappa shape index (κ2) is 10.3. The highest BCUT2D eigenvalue weighted by atomic mass is 32.2. The van der Waals surface area contributed by atoms with Crippen LogP contribution < -0.4 is 10.6 Å². The summed E-state index contributed by atoms with van der Waals surface area (Å²) in [6, 6.07) is 15.6. The van der Waals surface area contributed by atoms with Gasteiger partial charge in [0.25, 0.3) is 0 Å². The van der Waals surface area contributed by atoms with Gasteiger partial charge < -0.3 is 10.6 Å². The summed E-state index contributed by atoms with van der Waals surface area (Å²) in [6.45, 7) is 4.13. The molecule has 3 rings (SSSR count). The first-order chi connectivity index (χ1) is 14.1. The largest absolute Gasteiger partial charge is 0.330 e. The molecule has 148 valence electrons. The topological polar surface area (TPSA) is 90.7 Å². The number of hydrogen-bond acceptors (Lipinski definition) is 8. The van der Waals surface area contributed by atoms with Gasteiger partial charge in [0, 0.05) is 10.6 Å². The van der Waals surface area contributed by atoms with Gasteiger partial charge >= 0.3 is 0 Å². The van der Waals surface area contributed by atoms with E-state index in [0.29, 0.717) is 16.6 Å². The van der Waals surface area contributed by atoms with Gasteiger partial charge in [0.2, 0.25) is 11.0 Å². The summed E-state index contributed by atoms with van der Waals surface area (Å²) in [7, 11) is 0. The maximum atomic E-state index is 12.3. The molecule has 0 bridgehead atoms. The van der Waals surface area contributed by atoms with Gasteiger partial charge in [-0.25, -0.2) is 0 Å². The number of rotatable bonds is 8. The molecule has 0 aliphatic rings. The smallest absolute Gasteiger partial charge is 0.234 e. The molecule has 0 aliphatic heterocycles. The van der Waals surface area contributed by atoms with Crippen molar-refractivity contribution in [1.29, 1.82) is 5.26 Å². The molecular weight excluding hydrogens is 422 g/mol. The summed E-state index contributed by atoms with van der Waals surface area (Å²) >= 11 is 4.16. The molecule has 0 unspecified atom stereocenters. The lowest BCUT2D eigenvalue weighted by Crippen LogP contribution is -2.14. The van der Waals surface area contributed by atoms with Crippen molar-refractivity contribution in [2.45, 2.75) is 23.1 Å². The first kappa shape index (κ1) is 21.2. The highest BCUT2D eigenvalue weighted by Crippen LogP contribution is 2.30. The molecule has 0 fully saturated rings. The van der Waals surface area contributed by atoms with Crippen molar-refractivity contribution in [3.8, 4) is 6.07 Å². The van der Waals surface area contributed by atoms with E-state index >= 15 is 0 Å². The Balaban J connectivity index is 1.55. The average Bonchev–Trinajstić information content (AvgIpc) is 3.17. The number of para-hydroxylation sites is 1. The van der Waals surface area contributed by atoms with E-state index in [-0.39, 0.29) is 11.7 Å². The van der Waals surface area contributed by atoms with Crippen molar-refractivity contribution >= 4 is 57.3 Å². The minimum Gasteiger partial charge on any atom is -0.330 e. The lowest BCUT2D eigenvalue weighted by atomic mass is 10.1. The SMILES string of the molecule is Cc1cccc(Nc2nnc(SCC(=O)Nc3ccccc3SCC#N)s2)c1C. The number of thioether (sulfide) groups is 2. The molecule has 1 aromatic heterocycles. The average molecular weight is 442 g/mol. The normalized spacial score (nSPS) is 10.4. The van der Waals surface area contributed by atoms with E-state index in [0.717, 1.165) is 14.9 Å². The summed E-state index contributed by atoms with van der Waals surface area (Å²) < 4.78 is 0.722. The van der Waals surface area contributed by atoms with E-state index in [9.17, 15) is 4.79 Å². The number of nitrogens with zero attached hydrogens (tertiary/aromatic N) is 3. The van der Waals surface area contributed by atoms with E-state index < -0.39 is 0 Å². The van der Waals surface area contributed by atoms with Crippen LogP contribution >= 0.6 is 34.9 Å². The number of carbonyl (C=O) groups excluding carboxylic acids is 1. The van der Waals surface area contributed by atoms with Crippen LogP contribution in [-0.4, -0.2) is 27.6 Å². The summed E-state index contributed by atoms with van der Waals surface area (Å²) in [6.07, 6.45) is 0. The van der Waals surface area contributed by atoms with Gasteiger partial charge in [-0.05, 0) is 43.2 Å². The molecular formula is C20H19N5OS3. The van der Waals surface area contributed by atoms with E-state index in [2.05, 4.69) is 46.8 Å². The van der Waals surface area contributed by atoms with Crippen molar-refractivity contribution in [1.82, 2.24) is 10.2 Å². The Morgan fingerprint density at radius 2 is 1.90 bits per heavy atom. The van der Waals surface area contributed by atoms with Crippen LogP contribution in [0.2, 0.25) is 0 Å². The Hall–Kier alpha value is -2.54. The molecule has 0 saturated carbocycles. The fourth-order valence-electron chi connectivity index (χ4n) is 2.44. The fraction of sp³-hybridized carbons (Fsp3) is 0.200. The monoisotopic (exact) mass is 441 g/mol. The Bertz CT molecular complexity index is 1040. The molecule has 0 atom stereocenters. The van der Waals surface area contributed by atoms with E-state index in [4.69, 9.17) is 5.26 Å². The van der Waals surface area contributed by atoms with Crippen LogP contribution in [0.25, 0.3) is 0 Å². The maximum Gasteiger partial charge on any atom is 0.234 e. The number of hydrogen-bond donors (Lipinski definition) is 2. The van der Waals surface area contributed by atoms with Crippen molar-refractivity contribution in [2.75, 3.05) is 22.1 Å². The standard InChI is InChI=1S/C20H19N5OS3/c1-13-6-5-8-15(14(13)2)23-19-24-25-20(29-19)28-12-18(26)22-16-7-3-4-9-17(16)27-11-10-21/h3-9H,11-12H2,1-2H3,(H,22,26)(H,23,24). The summed E-state index contributed by atoms with van der Waals surface area (Å²) in [5, 5.41) is 24.0. The van der Waals surface area contributed by atoms with Crippen LogP contribution in [0.1, 0.15) is 11.1 Å². The molecule has 0 saturated heterocycles. The predicted octanol–water partition coefficient (Wildman–Crippen LogP) is 5.25. The van der Waals surface area contributed by atoms with Crippen molar-refractivity contribution in [2.24, 2.45) is 0 Å². The second-order valence-corrected chi connectivity index (χ2v) is 9.24. The Labute approximate surface area is 182 Å². The Morgan fingerprint density at radius 3 is 2.72 bits per heavy atom. The number of aromatic nitrogens is 2. The Kier molecular flexibility index (Phi) is 7.52. The van der Waals surface area contributed by atoms with Crippen LogP contribution in [0, 0.1) is 25.2 Å². The first-order valence-electron chi connectivity index (χ1n) is 8.75. The quantitative estimate of drug-likeness (QED) is 0.462. The first-order valence-corrected chi connectivity index (χ1v) is 11.5. The zero-order valence-corrected chi connectivity index (χ0v) is 18.4. The second-order valence-electron chi connectivity index (χ2n) is 6.03. The fourth-order valence-corrected chi connectivity index (χ4v) is 4.67. The van der Waals surface area contributed by atoms with Gasteiger partial charge in [0.1, 0.15) is 0 Å². The Morgan fingerprint density at radius 1 is 1.10 bits per heavy atom. The van der Waals surface area contributed by atoms with Gasteiger partial charge in [-0.3, -0.25) is 4.79 Å². The minimum atomic E-state index is -0.126. The number of nitrogens with one attached hydrogen (secondary N) is 2. The third-order valence-electron chi connectivity index (χ3n) is 4.03. The van der Waals surface area contributed by atoms with Crippen LogP contribution in [0.15, 0.2) is 51.7 Å². The van der Waals surface area contributed by atoms with Crippen LogP contribution in [0.4, 0.5) is 16.5 Å². The molecule has 0 spiro atoms. The van der Waals surface area contributed by atoms with Gasteiger partial charge in [0.15, 0.2) is 4.34 Å².